The summed E-state index contributed by atoms with van der Waals surface area (Å²) in [6.07, 6.45) is 4.13. The van der Waals surface area contributed by atoms with E-state index in [2.05, 4.69) is 47.0 Å². The van der Waals surface area contributed by atoms with Gasteiger partial charge in [0.1, 0.15) is 0 Å². The average Bonchev–Trinajstić information content (AvgIpc) is 2.92. The number of hydrogen-bond acceptors (Lipinski definition) is 2. The third kappa shape index (κ3) is 1.98. The molecule has 3 nitrogen and oxygen atoms in total. The largest absolute Gasteiger partial charge is 0.355 e. The monoisotopic (exact) mass is 243 g/mol. The van der Waals surface area contributed by atoms with Crippen molar-refractivity contribution in [1.82, 2.24) is 9.55 Å². The Balaban J connectivity index is 1.76. The van der Waals surface area contributed by atoms with Gasteiger partial charge < -0.3 is 9.88 Å². The second-order valence-electron chi connectivity index (χ2n) is 5.53. The number of nitrogens with one attached hydrogen (secondary N) is 1. The molecule has 1 aliphatic carbocycles. The average molecular weight is 243 g/mol. The van der Waals surface area contributed by atoms with Gasteiger partial charge in [-0.05, 0) is 30.4 Å². The quantitative estimate of drug-likeness (QED) is 0.895. The first-order valence-electron chi connectivity index (χ1n) is 6.91. The normalized spacial score (nSPS) is 23.7. The highest BCUT2D eigenvalue weighted by Crippen LogP contribution is 2.31. The van der Waals surface area contributed by atoms with E-state index in [4.69, 9.17) is 0 Å². The molecule has 0 saturated heterocycles. The van der Waals surface area contributed by atoms with Crippen molar-refractivity contribution in [3.63, 3.8) is 0 Å². The van der Waals surface area contributed by atoms with Crippen LogP contribution in [0, 0.1) is 11.8 Å². The Labute approximate surface area is 108 Å². The third-order valence-electron chi connectivity index (χ3n) is 4.35. The molecule has 3 heteroatoms. The number of fused-ring (bicyclic) bond motifs is 1. The molecule has 1 fully saturated rings. The number of rotatable bonds is 3. The van der Waals surface area contributed by atoms with Crippen molar-refractivity contribution in [3.05, 3.63) is 24.3 Å². The third-order valence-corrected chi connectivity index (χ3v) is 4.35. The lowest BCUT2D eigenvalue weighted by Gasteiger charge is -2.16. The topological polar surface area (TPSA) is 29.9 Å². The Bertz CT molecular complexity index is 544. The fraction of sp³-hybridized carbons (Fsp3) is 0.533. The van der Waals surface area contributed by atoms with Crippen LogP contribution in [0.25, 0.3) is 11.0 Å². The van der Waals surface area contributed by atoms with Gasteiger partial charge in [-0.1, -0.05) is 31.9 Å². The second-order valence-corrected chi connectivity index (χ2v) is 5.53. The van der Waals surface area contributed by atoms with Crippen molar-refractivity contribution >= 4 is 17.0 Å². The number of hydrogen-bond donors (Lipinski definition) is 1. The van der Waals surface area contributed by atoms with Gasteiger partial charge in [0.2, 0.25) is 5.95 Å². The van der Waals surface area contributed by atoms with Gasteiger partial charge in [-0.15, -0.1) is 0 Å². The lowest BCUT2D eigenvalue weighted by Crippen LogP contribution is -2.18. The standard InChI is InChI=1S/C15H21N3/c1-11-6-5-7-12(11)10-16-15-17-13-8-3-4-9-14(13)18(15)2/h3-4,8-9,11-12H,5-7,10H2,1-2H3,(H,16,17). The van der Waals surface area contributed by atoms with Gasteiger partial charge in [0.15, 0.2) is 0 Å². The number of imidazole rings is 1. The van der Waals surface area contributed by atoms with E-state index in [1.165, 1.54) is 24.8 Å². The molecule has 0 radical (unpaired) electrons. The minimum absolute atomic E-state index is 0.810. The summed E-state index contributed by atoms with van der Waals surface area (Å²) in [6, 6.07) is 8.29. The van der Waals surface area contributed by atoms with Gasteiger partial charge in [0.05, 0.1) is 11.0 Å². The van der Waals surface area contributed by atoms with E-state index in [-0.39, 0.29) is 0 Å². The fourth-order valence-corrected chi connectivity index (χ4v) is 3.05. The molecule has 18 heavy (non-hydrogen) atoms. The van der Waals surface area contributed by atoms with Gasteiger partial charge in [-0.3, -0.25) is 0 Å². The van der Waals surface area contributed by atoms with Gasteiger partial charge in [-0.2, -0.15) is 0 Å². The maximum Gasteiger partial charge on any atom is 0.203 e. The van der Waals surface area contributed by atoms with E-state index in [1.807, 2.05) is 6.07 Å². The minimum Gasteiger partial charge on any atom is -0.355 e. The summed E-state index contributed by atoms with van der Waals surface area (Å²) in [4.78, 5) is 4.65. The molecule has 0 amide bonds. The first kappa shape index (κ1) is 11.6. The summed E-state index contributed by atoms with van der Waals surface area (Å²) in [5.41, 5.74) is 2.27. The zero-order valence-electron chi connectivity index (χ0n) is 11.2. The fourth-order valence-electron chi connectivity index (χ4n) is 3.05. The molecule has 3 rings (SSSR count). The Hall–Kier alpha value is -1.51. The summed E-state index contributed by atoms with van der Waals surface area (Å²) in [6.45, 7) is 3.42. The Kier molecular flexibility index (Phi) is 2.98. The van der Waals surface area contributed by atoms with Gasteiger partial charge in [-0.25, -0.2) is 4.98 Å². The molecule has 0 aliphatic heterocycles. The van der Waals surface area contributed by atoms with Gasteiger partial charge in [0, 0.05) is 13.6 Å². The number of nitrogens with zero attached hydrogens (tertiary/aromatic N) is 2. The Morgan fingerprint density at radius 1 is 1.33 bits per heavy atom. The molecule has 2 atom stereocenters. The van der Waals surface area contributed by atoms with E-state index >= 15 is 0 Å². The van der Waals surface area contributed by atoms with Crippen LogP contribution in [0.2, 0.25) is 0 Å². The van der Waals surface area contributed by atoms with Crippen LogP contribution in [0.5, 0.6) is 0 Å². The van der Waals surface area contributed by atoms with E-state index in [0.29, 0.717) is 0 Å². The molecule has 1 aromatic carbocycles. The highest BCUT2D eigenvalue weighted by molar-refractivity contribution is 5.78. The molecule has 1 N–H and O–H groups in total. The first-order chi connectivity index (χ1) is 8.75. The van der Waals surface area contributed by atoms with E-state index < -0.39 is 0 Å². The van der Waals surface area contributed by atoms with Gasteiger partial charge >= 0.3 is 0 Å². The SMILES string of the molecule is CC1CCCC1CNc1nc2ccccc2n1C. The molecular formula is C15H21N3. The summed E-state index contributed by atoms with van der Waals surface area (Å²) in [5, 5.41) is 3.53. The lowest BCUT2D eigenvalue weighted by atomic mass is 9.98. The number of anilines is 1. The van der Waals surface area contributed by atoms with Crippen molar-refractivity contribution < 1.29 is 0 Å². The van der Waals surface area contributed by atoms with Crippen molar-refractivity contribution in [2.75, 3.05) is 11.9 Å². The van der Waals surface area contributed by atoms with E-state index in [0.717, 1.165) is 29.8 Å². The predicted molar refractivity (Wildman–Crippen MR) is 75.7 cm³/mol. The maximum atomic E-state index is 4.65. The molecule has 2 unspecified atom stereocenters. The predicted octanol–water partition coefficient (Wildman–Crippen LogP) is 3.42. The highest BCUT2D eigenvalue weighted by Gasteiger charge is 2.23. The van der Waals surface area contributed by atoms with Crippen LogP contribution in [0.1, 0.15) is 26.2 Å². The highest BCUT2D eigenvalue weighted by atomic mass is 15.2. The summed E-state index contributed by atoms with van der Waals surface area (Å²) in [5.74, 6) is 2.66. The molecule has 96 valence electrons. The molecule has 0 spiro atoms. The van der Waals surface area contributed by atoms with Crippen LogP contribution in [0.3, 0.4) is 0 Å². The molecule has 0 bridgehead atoms. The zero-order valence-corrected chi connectivity index (χ0v) is 11.2. The molecule has 1 saturated carbocycles. The van der Waals surface area contributed by atoms with Crippen LogP contribution >= 0.6 is 0 Å². The van der Waals surface area contributed by atoms with Crippen LogP contribution in [0.4, 0.5) is 5.95 Å². The summed E-state index contributed by atoms with van der Waals surface area (Å²) < 4.78 is 2.15. The Morgan fingerprint density at radius 3 is 2.89 bits per heavy atom. The van der Waals surface area contributed by atoms with E-state index in [1.54, 1.807) is 0 Å². The lowest BCUT2D eigenvalue weighted by molar-refractivity contribution is 0.438. The molecular weight excluding hydrogens is 222 g/mol. The minimum atomic E-state index is 0.810. The molecule has 2 aromatic rings. The van der Waals surface area contributed by atoms with Crippen molar-refractivity contribution in [2.24, 2.45) is 18.9 Å². The number of aryl methyl sites for hydroxylation is 1. The second kappa shape index (κ2) is 4.63. The van der Waals surface area contributed by atoms with E-state index in [9.17, 15) is 0 Å². The summed E-state index contributed by atoms with van der Waals surface area (Å²) in [7, 11) is 2.08. The van der Waals surface area contributed by atoms with Crippen LogP contribution in [-0.2, 0) is 7.05 Å². The smallest absolute Gasteiger partial charge is 0.203 e. The zero-order chi connectivity index (χ0) is 12.5. The van der Waals surface area contributed by atoms with Crippen molar-refractivity contribution in [3.8, 4) is 0 Å². The van der Waals surface area contributed by atoms with Crippen molar-refractivity contribution in [2.45, 2.75) is 26.2 Å². The number of aromatic nitrogens is 2. The maximum absolute atomic E-state index is 4.65. The molecule has 1 aliphatic rings. The Morgan fingerprint density at radius 2 is 2.17 bits per heavy atom. The van der Waals surface area contributed by atoms with Crippen molar-refractivity contribution in [1.29, 1.82) is 0 Å². The molecule has 1 heterocycles. The first-order valence-corrected chi connectivity index (χ1v) is 6.91. The van der Waals surface area contributed by atoms with Gasteiger partial charge in [0.25, 0.3) is 0 Å². The number of para-hydroxylation sites is 2. The van der Waals surface area contributed by atoms with Crippen LogP contribution in [0.15, 0.2) is 24.3 Å². The number of benzene rings is 1. The van der Waals surface area contributed by atoms with Crippen LogP contribution < -0.4 is 5.32 Å². The summed E-state index contributed by atoms with van der Waals surface area (Å²) >= 11 is 0. The van der Waals surface area contributed by atoms with Crippen LogP contribution in [-0.4, -0.2) is 16.1 Å². The molecule has 1 aromatic heterocycles.